The van der Waals surface area contributed by atoms with E-state index in [2.05, 4.69) is 31.0 Å². The Morgan fingerprint density at radius 3 is 2.57 bits per heavy atom. The summed E-state index contributed by atoms with van der Waals surface area (Å²) >= 11 is 0. The molecule has 3 atom stereocenters. The first-order valence-electron chi connectivity index (χ1n) is 7.95. The van der Waals surface area contributed by atoms with Crippen LogP contribution in [0.3, 0.4) is 0 Å². The Hall–Kier alpha value is -0.970. The lowest BCUT2D eigenvalue weighted by molar-refractivity contribution is -0.0700. The fourth-order valence-corrected chi connectivity index (χ4v) is 3.04. The van der Waals surface area contributed by atoms with Gasteiger partial charge in [0.25, 0.3) is 0 Å². The van der Waals surface area contributed by atoms with Gasteiger partial charge in [0, 0.05) is 31.2 Å². The molecule has 1 saturated heterocycles. The first kappa shape index (κ1) is 16.4. The van der Waals surface area contributed by atoms with Crippen LogP contribution in [0.2, 0.25) is 0 Å². The zero-order chi connectivity index (χ0) is 15.2. The molecule has 0 radical (unpaired) electrons. The molecule has 0 bridgehead atoms. The molecule has 0 aromatic heterocycles. The Bertz CT molecular complexity index is 431. The number of rotatable bonds is 6. The first-order valence-corrected chi connectivity index (χ1v) is 7.95. The number of nitrogens with one attached hydrogen (secondary N) is 1. The predicted octanol–water partition coefficient (Wildman–Crippen LogP) is 2.98. The van der Waals surface area contributed by atoms with Crippen LogP contribution in [0.15, 0.2) is 24.3 Å². The Kier molecular flexibility index (Phi) is 6.15. The number of ether oxygens (including phenoxy) is 1. The summed E-state index contributed by atoms with van der Waals surface area (Å²) in [4.78, 5) is 2.37. The number of hydrogen-bond donors (Lipinski definition) is 1. The fraction of sp³-hybridized carbons (Fsp3) is 0.647. The third kappa shape index (κ3) is 4.77. The van der Waals surface area contributed by atoms with Gasteiger partial charge in [0.05, 0.1) is 12.2 Å². The van der Waals surface area contributed by atoms with Crippen molar-refractivity contribution in [2.24, 2.45) is 0 Å². The Morgan fingerprint density at radius 1 is 1.29 bits per heavy atom. The van der Waals surface area contributed by atoms with E-state index in [-0.39, 0.29) is 24.1 Å². The molecule has 4 heteroatoms. The van der Waals surface area contributed by atoms with Gasteiger partial charge >= 0.3 is 0 Å². The molecule has 1 aliphatic rings. The van der Waals surface area contributed by atoms with Gasteiger partial charge in [-0.2, -0.15) is 0 Å². The topological polar surface area (TPSA) is 24.5 Å². The minimum absolute atomic E-state index is 0.0312. The molecule has 3 unspecified atom stereocenters. The van der Waals surface area contributed by atoms with Crippen molar-refractivity contribution in [1.29, 1.82) is 0 Å². The molecule has 118 valence electrons. The van der Waals surface area contributed by atoms with Gasteiger partial charge in [0.2, 0.25) is 0 Å². The molecule has 0 amide bonds. The van der Waals surface area contributed by atoms with Crippen molar-refractivity contribution in [2.75, 3.05) is 26.2 Å². The molecule has 0 aliphatic carbocycles. The quantitative estimate of drug-likeness (QED) is 0.873. The maximum Gasteiger partial charge on any atom is 0.128 e. The van der Waals surface area contributed by atoms with E-state index < -0.39 is 0 Å². The summed E-state index contributed by atoms with van der Waals surface area (Å²) in [6.07, 6.45) is 1.52. The SMILES string of the molecule is CCCNC(CN1CC(C)OC(C)C1)c1ccccc1F. The van der Waals surface area contributed by atoms with Crippen LogP contribution in [0.4, 0.5) is 4.39 Å². The maximum atomic E-state index is 14.1. The van der Waals surface area contributed by atoms with E-state index in [0.29, 0.717) is 0 Å². The van der Waals surface area contributed by atoms with Gasteiger partial charge < -0.3 is 10.1 Å². The van der Waals surface area contributed by atoms with Crippen molar-refractivity contribution in [3.8, 4) is 0 Å². The van der Waals surface area contributed by atoms with Crippen molar-refractivity contribution in [3.05, 3.63) is 35.6 Å². The van der Waals surface area contributed by atoms with E-state index in [1.54, 1.807) is 12.1 Å². The van der Waals surface area contributed by atoms with E-state index in [1.165, 1.54) is 0 Å². The van der Waals surface area contributed by atoms with Gasteiger partial charge in [-0.05, 0) is 32.9 Å². The molecule has 1 aromatic carbocycles. The smallest absolute Gasteiger partial charge is 0.128 e. The van der Waals surface area contributed by atoms with Gasteiger partial charge in [-0.25, -0.2) is 4.39 Å². The zero-order valence-corrected chi connectivity index (χ0v) is 13.3. The van der Waals surface area contributed by atoms with E-state index in [4.69, 9.17) is 4.74 Å². The summed E-state index contributed by atoms with van der Waals surface area (Å²) in [5.74, 6) is -0.125. The van der Waals surface area contributed by atoms with Crippen molar-refractivity contribution < 1.29 is 9.13 Å². The van der Waals surface area contributed by atoms with Gasteiger partial charge in [-0.3, -0.25) is 4.90 Å². The number of halogens is 1. The number of hydrogen-bond acceptors (Lipinski definition) is 3. The molecular weight excluding hydrogens is 267 g/mol. The van der Waals surface area contributed by atoms with Crippen LogP contribution in [0.5, 0.6) is 0 Å². The largest absolute Gasteiger partial charge is 0.373 e. The monoisotopic (exact) mass is 294 g/mol. The molecule has 1 aromatic rings. The minimum atomic E-state index is -0.125. The Morgan fingerprint density at radius 2 is 1.95 bits per heavy atom. The fourth-order valence-electron chi connectivity index (χ4n) is 3.04. The second-order valence-electron chi connectivity index (χ2n) is 6.00. The highest BCUT2D eigenvalue weighted by Crippen LogP contribution is 2.20. The maximum absolute atomic E-state index is 14.1. The van der Waals surface area contributed by atoms with Crippen LogP contribution in [-0.4, -0.2) is 43.3 Å². The molecular formula is C17H27FN2O. The molecule has 1 heterocycles. The lowest BCUT2D eigenvalue weighted by Gasteiger charge is -2.37. The average Bonchev–Trinajstić information content (AvgIpc) is 2.43. The van der Waals surface area contributed by atoms with E-state index in [9.17, 15) is 4.39 Å². The Labute approximate surface area is 127 Å². The standard InChI is InChI=1S/C17H27FN2O/c1-4-9-19-17(15-7-5-6-8-16(15)18)12-20-10-13(2)21-14(3)11-20/h5-8,13-14,17,19H,4,9-12H2,1-3H3. The van der Waals surface area contributed by atoms with Crippen LogP contribution < -0.4 is 5.32 Å². The van der Waals surface area contributed by atoms with Crippen molar-refractivity contribution >= 4 is 0 Å². The summed E-state index contributed by atoms with van der Waals surface area (Å²) in [5.41, 5.74) is 0.762. The molecule has 0 spiro atoms. The minimum Gasteiger partial charge on any atom is -0.373 e. The predicted molar refractivity (Wildman–Crippen MR) is 83.9 cm³/mol. The number of benzene rings is 1. The van der Waals surface area contributed by atoms with E-state index >= 15 is 0 Å². The zero-order valence-electron chi connectivity index (χ0n) is 13.3. The van der Waals surface area contributed by atoms with Crippen LogP contribution in [0, 0.1) is 5.82 Å². The lowest BCUT2D eigenvalue weighted by atomic mass is 10.0. The second-order valence-corrected chi connectivity index (χ2v) is 6.00. The second kappa shape index (κ2) is 7.87. The van der Waals surface area contributed by atoms with Crippen molar-refractivity contribution in [2.45, 2.75) is 45.4 Å². The Balaban J connectivity index is 2.07. The summed E-state index contributed by atoms with van der Waals surface area (Å²) < 4.78 is 19.9. The summed E-state index contributed by atoms with van der Waals surface area (Å²) in [6.45, 7) is 9.85. The number of morpholine rings is 1. The van der Waals surface area contributed by atoms with E-state index in [0.717, 1.165) is 38.2 Å². The third-order valence-electron chi connectivity index (χ3n) is 3.86. The summed E-state index contributed by atoms with van der Waals surface area (Å²) in [6, 6.07) is 7.11. The molecule has 3 nitrogen and oxygen atoms in total. The molecule has 0 saturated carbocycles. The van der Waals surface area contributed by atoms with Gasteiger partial charge in [-0.15, -0.1) is 0 Å². The highest BCUT2D eigenvalue weighted by molar-refractivity contribution is 5.21. The van der Waals surface area contributed by atoms with Crippen LogP contribution in [-0.2, 0) is 4.74 Å². The average molecular weight is 294 g/mol. The molecule has 1 N–H and O–H groups in total. The summed E-state index contributed by atoms with van der Waals surface area (Å²) in [5, 5.41) is 3.48. The van der Waals surface area contributed by atoms with Crippen LogP contribution in [0.25, 0.3) is 0 Å². The normalized spacial score (nSPS) is 25.0. The number of nitrogens with zero attached hydrogens (tertiary/aromatic N) is 1. The van der Waals surface area contributed by atoms with Crippen molar-refractivity contribution in [3.63, 3.8) is 0 Å². The van der Waals surface area contributed by atoms with Gasteiger partial charge in [-0.1, -0.05) is 25.1 Å². The van der Waals surface area contributed by atoms with Gasteiger partial charge in [0.1, 0.15) is 5.82 Å². The first-order chi connectivity index (χ1) is 10.1. The molecule has 1 aliphatic heterocycles. The highest BCUT2D eigenvalue weighted by Gasteiger charge is 2.25. The molecule has 2 rings (SSSR count). The van der Waals surface area contributed by atoms with Crippen LogP contribution >= 0.6 is 0 Å². The molecule has 21 heavy (non-hydrogen) atoms. The lowest BCUT2D eigenvalue weighted by Crippen LogP contribution is -2.48. The van der Waals surface area contributed by atoms with Crippen LogP contribution in [0.1, 0.15) is 38.8 Å². The highest BCUT2D eigenvalue weighted by atomic mass is 19.1. The van der Waals surface area contributed by atoms with Gasteiger partial charge in [0.15, 0.2) is 0 Å². The van der Waals surface area contributed by atoms with E-state index in [1.807, 2.05) is 12.1 Å². The molecule has 1 fully saturated rings. The summed E-state index contributed by atoms with van der Waals surface area (Å²) in [7, 11) is 0. The third-order valence-corrected chi connectivity index (χ3v) is 3.86. The van der Waals surface area contributed by atoms with Crippen molar-refractivity contribution in [1.82, 2.24) is 10.2 Å².